The molecular formula is C16H34BN2O. The van der Waals surface area contributed by atoms with Crippen LogP contribution >= 0.6 is 0 Å². The number of ketones is 1. The first-order chi connectivity index (χ1) is 9.19. The summed E-state index contributed by atoms with van der Waals surface area (Å²) in [5.74, 6) is 0.382. The summed E-state index contributed by atoms with van der Waals surface area (Å²) in [6, 6.07) is -0.0861. The first-order valence-electron chi connectivity index (χ1n) is 7.96. The maximum Gasteiger partial charge on any atom is 0.202 e. The molecule has 117 valence electrons. The van der Waals surface area contributed by atoms with Gasteiger partial charge in [-0.2, -0.15) is 0 Å². The molecule has 3 unspecified atom stereocenters. The van der Waals surface area contributed by atoms with Crippen molar-refractivity contribution in [3.05, 3.63) is 0 Å². The molecule has 0 fully saturated rings. The number of likely N-dealkylation sites (N-methyl/N-ethyl adjacent to an activating group) is 1. The first-order valence-corrected chi connectivity index (χ1v) is 7.96. The molecule has 3 atom stereocenters. The molecule has 1 radical (unpaired) electrons. The van der Waals surface area contributed by atoms with Crippen LogP contribution in [0.3, 0.4) is 0 Å². The van der Waals surface area contributed by atoms with Gasteiger partial charge in [0.25, 0.3) is 0 Å². The summed E-state index contributed by atoms with van der Waals surface area (Å²) in [7, 11) is 3.92. The molecule has 0 saturated carbocycles. The quantitative estimate of drug-likeness (QED) is 0.605. The van der Waals surface area contributed by atoms with Crippen LogP contribution in [-0.2, 0) is 4.79 Å². The third kappa shape index (κ3) is 4.89. The SMILES string of the molecule is C[B]NC(C)(CC)CC(C)(CC)C(NC)C(=O)C(C)C. The van der Waals surface area contributed by atoms with Gasteiger partial charge in [-0.3, -0.25) is 4.79 Å². The van der Waals surface area contributed by atoms with Gasteiger partial charge in [0, 0.05) is 11.5 Å². The van der Waals surface area contributed by atoms with E-state index in [1.807, 2.05) is 35.1 Å². The van der Waals surface area contributed by atoms with Gasteiger partial charge in [0.15, 0.2) is 5.78 Å². The predicted molar refractivity (Wildman–Crippen MR) is 89.2 cm³/mol. The highest BCUT2D eigenvalue weighted by molar-refractivity contribution is 6.30. The molecule has 0 aliphatic heterocycles. The molecule has 0 saturated heterocycles. The van der Waals surface area contributed by atoms with Gasteiger partial charge in [-0.1, -0.05) is 41.4 Å². The molecular weight excluding hydrogens is 247 g/mol. The molecule has 0 aliphatic rings. The van der Waals surface area contributed by atoms with Crippen molar-refractivity contribution in [1.82, 2.24) is 10.5 Å². The highest BCUT2D eigenvalue weighted by Gasteiger charge is 2.41. The zero-order chi connectivity index (χ0) is 16.0. The number of hydrogen-bond donors (Lipinski definition) is 2. The normalized spacial score (nSPS) is 19.2. The number of carbonyl (C=O) groups is 1. The number of hydrogen-bond acceptors (Lipinski definition) is 3. The Morgan fingerprint density at radius 2 is 1.75 bits per heavy atom. The topological polar surface area (TPSA) is 41.1 Å². The Hall–Kier alpha value is -0.345. The van der Waals surface area contributed by atoms with Crippen molar-refractivity contribution in [2.75, 3.05) is 7.05 Å². The van der Waals surface area contributed by atoms with Crippen molar-refractivity contribution in [3.63, 3.8) is 0 Å². The maximum atomic E-state index is 12.5. The minimum absolute atomic E-state index is 0.0336. The molecule has 0 spiro atoms. The lowest BCUT2D eigenvalue weighted by Gasteiger charge is -2.44. The Bertz CT molecular complexity index is 309. The second-order valence-electron chi connectivity index (χ2n) is 6.81. The lowest BCUT2D eigenvalue weighted by atomic mass is 9.67. The molecule has 0 rings (SSSR count). The van der Waals surface area contributed by atoms with E-state index in [1.54, 1.807) is 0 Å². The van der Waals surface area contributed by atoms with Crippen molar-refractivity contribution in [2.24, 2.45) is 11.3 Å². The molecule has 2 N–H and O–H groups in total. The standard InChI is InChI=1S/C16H34BN2O/c1-9-15(5,11-16(6,10-2)19-17-7)14(18-8)13(20)12(3)4/h12,14,18-19H,9-11H2,1-8H3. The fraction of sp³-hybridized carbons (Fsp3) is 0.938. The van der Waals surface area contributed by atoms with Crippen LogP contribution in [0.2, 0.25) is 6.82 Å². The number of carbonyl (C=O) groups excluding carboxylic acids is 1. The summed E-state index contributed by atoms with van der Waals surface area (Å²) >= 11 is 0. The Morgan fingerprint density at radius 3 is 2.05 bits per heavy atom. The zero-order valence-corrected chi connectivity index (χ0v) is 14.8. The first kappa shape index (κ1) is 19.7. The van der Waals surface area contributed by atoms with Crippen molar-refractivity contribution in [2.45, 2.75) is 79.2 Å². The molecule has 0 bridgehead atoms. The van der Waals surface area contributed by atoms with Gasteiger partial charge >= 0.3 is 0 Å². The van der Waals surface area contributed by atoms with E-state index in [-0.39, 0.29) is 22.9 Å². The number of nitrogens with one attached hydrogen (secondary N) is 2. The molecule has 0 aromatic carbocycles. The van der Waals surface area contributed by atoms with Crippen LogP contribution < -0.4 is 10.5 Å². The molecule has 0 aromatic heterocycles. The van der Waals surface area contributed by atoms with Crippen LogP contribution in [0.4, 0.5) is 0 Å². The monoisotopic (exact) mass is 281 g/mol. The van der Waals surface area contributed by atoms with Crippen molar-refractivity contribution < 1.29 is 4.79 Å². The van der Waals surface area contributed by atoms with E-state index in [4.69, 9.17) is 0 Å². The molecule has 0 amide bonds. The van der Waals surface area contributed by atoms with Crippen LogP contribution in [0.1, 0.15) is 60.8 Å². The van der Waals surface area contributed by atoms with E-state index in [2.05, 4.69) is 38.2 Å². The van der Waals surface area contributed by atoms with Gasteiger partial charge in [-0.15, -0.1) is 0 Å². The molecule has 0 aliphatic carbocycles. The average molecular weight is 281 g/mol. The maximum absolute atomic E-state index is 12.5. The third-order valence-corrected chi connectivity index (χ3v) is 4.71. The summed E-state index contributed by atoms with van der Waals surface area (Å²) < 4.78 is 0. The highest BCUT2D eigenvalue weighted by Crippen LogP contribution is 2.37. The Labute approximate surface area is 126 Å². The number of Topliss-reactive ketones (excluding diaryl/α,β-unsaturated/α-hetero) is 1. The van der Waals surface area contributed by atoms with Crippen LogP contribution in [0.15, 0.2) is 0 Å². The lowest BCUT2D eigenvalue weighted by Crippen LogP contribution is -2.55. The summed E-state index contributed by atoms with van der Waals surface area (Å²) in [6.07, 6.45) is 3.00. The van der Waals surface area contributed by atoms with Crippen LogP contribution in [0.25, 0.3) is 0 Å². The summed E-state index contributed by atoms with van der Waals surface area (Å²) in [5.41, 5.74) is -0.0112. The summed E-state index contributed by atoms with van der Waals surface area (Å²) in [6.45, 7) is 14.9. The van der Waals surface area contributed by atoms with E-state index in [0.29, 0.717) is 5.78 Å². The third-order valence-electron chi connectivity index (χ3n) is 4.71. The largest absolute Gasteiger partial charge is 0.355 e. The Balaban J connectivity index is 5.29. The average Bonchev–Trinajstić information content (AvgIpc) is 2.39. The van der Waals surface area contributed by atoms with Gasteiger partial charge in [-0.05, 0) is 38.6 Å². The molecule has 0 aromatic rings. The van der Waals surface area contributed by atoms with E-state index < -0.39 is 0 Å². The molecule has 0 heterocycles. The van der Waals surface area contributed by atoms with E-state index in [0.717, 1.165) is 19.3 Å². The van der Waals surface area contributed by atoms with Crippen molar-refractivity contribution in [3.8, 4) is 0 Å². The van der Waals surface area contributed by atoms with Gasteiger partial charge in [0.05, 0.1) is 6.04 Å². The van der Waals surface area contributed by atoms with E-state index in [1.165, 1.54) is 0 Å². The Kier molecular flexibility index (Phi) is 8.04. The van der Waals surface area contributed by atoms with Gasteiger partial charge in [0.1, 0.15) is 0 Å². The van der Waals surface area contributed by atoms with E-state index in [9.17, 15) is 4.79 Å². The molecule has 20 heavy (non-hydrogen) atoms. The summed E-state index contributed by atoms with van der Waals surface area (Å²) in [4.78, 5) is 12.5. The van der Waals surface area contributed by atoms with Crippen molar-refractivity contribution >= 4 is 13.2 Å². The summed E-state index contributed by atoms with van der Waals surface area (Å²) in [5, 5.41) is 6.76. The predicted octanol–water partition coefficient (Wildman–Crippen LogP) is 3.03. The van der Waals surface area contributed by atoms with Gasteiger partial charge in [0.2, 0.25) is 7.41 Å². The fourth-order valence-corrected chi connectivity index (χ4v) is 3.12. The second-order valence-corrected chi connectivity index (χ2v) is 6.81. The minimum atomic E-state index is -0.0861. The minimum Gasteiger partial charge on any atom is -0.355 e. The Morgan fingerprint density at radius 1 is 1.20 bits per heavy atom. The lowest BCUT2D eigenvalue weighted by molar-refractivity contribution is -0.127. The van der Waals surface area contributed by atoms with Gasteiger partial charge in [-0.25, -0.2) is 0 Å². The molecule has 3 nitrogen and oxygen atoms in total. The zero-order valence-electron chi connectivity index (χ0n) is 14.8. The van der Waals surface area contributed by atoms with Crippen LogP contribution in [-0.4, -0.2) is 31.8 Å². The fourth-order valence-electron chi connectivity index (χ4n) is 3.12. The smallest absolute Gasteiger partial charge is 0.202 e. The van der Waals surface area contributed by atoms with Crippen LogP contribution in [0, 0.1) is 11.3 Å². The molecule has 4 heteroatoms. The van der Waals surface area contributed by atoms with E-state index >= 15 is 0 Å². The second kappa shape index (κ2) is 8.18. The van der Waals surface area contributed by atoms with Gasteiger partial charge < -0.3 is 10.5 Å². The van der Waals surface area contributed by atoms with Crippen LogP contribution in [0.5, 0.6) is 0 Å². The van der Waals surface area contributed by atoms with Crippen molar-refractivity contribution in [1.29, 1.82) is 0 Å². The highest BCUT2D eigenvalue weighted by atomic mass is 16.1. The number of rotatable bonds is 10.